The summed E-state index contributed by atoms with van der Waals surface area (Å²) >= 11 is 0. The summed E-state index contributed by atoms with van der Waals surface area (Å²) in [5.41, 5.74) is 2.10. The number of aromatic nitrogens is 3. The Kier molecular flexibility index (Phi) is 3.74. The van der Waals surface area contributed by atoms with Gasteiger partial charge in [-0.05, 0) is 12.1 Å². The Hall–Kier alpha value is -3.09. The van der Waals surface area contributed by atoms with Gasteiger partial charge in [-0.2, -0.15) is 5.10 Å². The first kappa shape index (κ1) is 14.5. The summed E-state index contributed by atoms with van der Waals surface area (Å²) in [6, 6.07) is 11.4. The van der Waals surface area contributed by atoms with Gasteiger partial charge in [0.25, 0.3) is 5.91 Å². The van der Waals surface area contributed by atoms with Crippen molar-refractivity contribution in [3.8, 4) is 17.3 Å². The number of rotatable bonds is 5. The van der Waals surface area contributed by atoms with Gasteiger partial charge in [-0.3, -0.25) is 4.79 Å². The maximum atomic E-state index is 12.1. The van der Waals surface area contributed by atoms with Crippen molar-refractivity contribution < 1.29 is 13.9 Å². The van der Waals surface area contributed by atoms with Crippen LogP contribution in [0, 0.1) is 0 Å². The van der Waals surface area contributed by atoms with E-state index in [0.717, 1.165) is 11.3 Å². The van der Waals surface area contributed by atoms with Crippen molar-refractivity contribution in [3.63, 3.8) is 0 Å². The first-order valence-corrected chi connectivity index (χ1v) is 7.78. The molecule has 1 aromatic carbocycles. The molecule has 1 aliphatic rings. The highest BCUT2D eigenvalue weighted by Crippen LogP contribution is 2.19. The number of carbonyl (C=O) groups is 1. The second-order valence-electron chi connectivity index (χ2n) is 5.46. The van der Waals surface area contributed by atoms with Crippen molar-refractivity contribution in [3.05, 3.63) is 54.0 Å². The number of fused-ring (bicyclic) bond motifs is 1. The third-order valence-electron chi connectivity index (χ3n) is 3.77. The van der Waals surface area contributed by atoms with Crippen molar-refractivity contribution in [1.82, 2.24) is 20.1 Å². The smallest absolute Gasteiger partial charge is 0.271 e. The van der Waals surface area contributed by atoms with Crippen LogP contribution in [0.5, 0.6) is 5.88 Å². The third kappa shape index (κ3) is 2.88. The molecule has 3 heterocycles. The van der Waals surface area contributed by atoms with Crippen molar-refractivity contribution in [2.24, 2.45) is 0 Å². The molecule has 0 saturated heterocycles. The molecule has 7 heteroatoms. The quantitative estimate of drug-likeness (QED) is 0.775. The fourth-order valence-corrected chi connectivity index (χ4v) is 2.55. The summed E-state index contributed by atoms with van der Waals surface area (Å²) in [7, 11) is 0. The molecule has 122 valence electrons. The Morgan fingerprint density at radius 1 is 1.29 bits per heavy atom. The second kappa shape index (κ2) is 6.19. The van der Waals surface area contributed by atoms with E-state index < -0.39 is 0 Å². The van der Waals surface area contributed by atoms with Crippen molar-refractivity contribution in [2.75, 3.05) is 13.2 Å². The van der Waals surface area contributed by atoms with Crippen molar-refractivity contribution >= 4 is 5.91 Å². The molecular formula is C17H16N4O3. The minimum absolute atomic E-state index is 0.215. The summed E-state index contributed by atoms with van der Waals surface area (Å²) in [5.74, 6) is 1.01. The van der Waals surface area contributed by atoms with Crippen molar-refractivity contribution in [2.45, 2.75) is 13.0 Å². The highest BCUT2D eigenvalue weighted by atomic mass is 16.5. The van der Waals surface area contributed by atoms with Gasteiger partial charge in [0.2, 0.25) is 11.8 Å². The zero-order valence-corrected chi connectivity index (χ0v) is 12.9. The first-order valence-electron chi connectivity index (χ1n) is 7.78. The van der Waals surface area contributed by atoms with Gasteiger partial charge in [0, 0.05) is 24.6 Å². The summed E-state index contributed by atoms with van der Waals surface area (Å²) in [6.45, 7) is 1.76. The average Bonchev–Trinajstić information content (AvgIpc) is 3.31. The van der Waals surface area contributed by atoms with Crippen LogP contribution in [0.15, 0.2) is 47.1 Å². The number of benzene rings is 1. The van der Waals surface area contributed by atoms with Crippen LogP contribution in [-0.4, -0.2) is 33.8 Å². The van der Waals surface area contributed by atoms with Crippen LogP contribution < -0.4 is 10.1 Å². The highest BCUT2D eigenvalue weighted by Gasteiger charge is 2.18. The lowest BCUT2D eigenvalue weighted by atomic mass is 10.2. The Morgan fingerprint density at radius 2 is 2.17 bits per heavy atom. The first-order chi connectivity index (χ1) is 11.8. The lowest BCUT2D eigenvalue weighted by Crippen LogP contribution is -2.26. The molecule has 0 atom stereocenters. The molecule has 0 spiro atoms. The third-order valence-corrected chi connectivity index (χ3v) is 3.77. The molecule has 0 bridgehead atoms. The molecule has 2 aromatic heterocycles. The number of amides is 1. The largest absolute Gasteiger partial charge is 0.476 e. The second-order valence-corrected chi connectivity index (χ2v) is 5.46. The van der Waals surface area contributed by atoms with Crippen LogP contribution in [0.2, 0.25) is 0 Å². The minimum atomic E-state index is -0.215. The molecule has 0 aliphatic carbocycles. The number of oxazole rings is 1. The maximum Gasteiger partial charge on any atom is 0.271 e. The number of ether oxygens (including phenoxy) is 1. The van der Waals surface area contributed by atoms with Crippen LogP contribution >= 0.6 is 0 Å². The normalized spacial score (nSPS) is 12.7. The highest BCUT2D eigenvalue weighted by molar-refractivity contribution is 5.92. The predicted molar refractivity (Wildman–Crippen MR) is 85.7 cm³/mol. The fourth-order valence-electron chi connectivity index (χ4n) is 2.55. The number of nitrogens with one attached hydrogen (secondary N) is 1. The van der Waals surface area contributed by atoms with E-state index >= 15 is 0 Å². The van der Waals surface area contributed by atoms with Crippen LogP contribution in [0.4, 0.5) is 0 Å². The Balaban J connectivity index is 1.32. The lowest BCUT2D eigenvalue weighted by Gasteiger charge is -2.01. The molecule has 24 heavy (non-hydrogen) atoms. The van der Waals surface area contributed by atoms with Gasteiger partial charge in [-0.1, -0.05) is 18.2 Å². The molecule has 4 rings (SSSR count). The van der Waals surface area contributed by atoms with E-state index in [-0.39, 0.29) is 5.91 Å². The number of nitrogens with zero attached hydrogens (tertiary/aromatic N) is 3. The summed E-state index contributed by atoms with van der Waals surface area (Å²) in [5, 5.41) is 7.04. The van der Waals surface area contributed by atoms with Gasteiger partial charge in [0.1, 0.15) is 12.9 Å². The van der Waals surface area contributed by atoms with E-state index in [1.165, 1.54) is 0 Å². The molecule has 1 aliphatic heterocycles. The Morgan fingerprint density at radius 3 is 3.00 bits per heavy atom. The topological polar surface area (TPSA) is 82.2 Å². The van der Waals surface area contributed by atoms with Gasteiger partial charge >= 0.3 is 0 Å². The summed E-state index contributed by atoms with van der Waals surface area (Å²) in [6.07, 6.45) is 2.21. The zero-order valence-electron chi connectivity index (χ0n) is 12.9. The lowest BCUT2D eigenvalue weighted by molar-refractivity contribution is 0.0948. The van der Waals surface area contributed by atoms with Gasteiger partial charge < -0.3 is 14.5 Å². The molecule has 0 unspecified atom stereocenters. The molecule has 0 radical (unpaired) electrons. The molecule has 0 saturated carbocycles. The number of hydrogen-bond acceptors (Lipinski definition) is 5. The predicted octanol–water partition coefficient (Wildman–Crippen LogP) is 1.90. The summed E-state index contributed by atoms with van der Waals surface area (Å²) in [4.78, 5) is 16.5. The van der Waals surface area contributed by atoms with Gasteiger partial charge in [-0.15, -0.1) is 0 Å². The molecule has 0 fully saturated rings. The monoisotopic (exact) mass is 324 g/mol. The maximum absolute atomic E-state index is 12.1. The fraction of sp³-hybridized carbons (Fsp3) is 0.235. The van der Waals surface area contributed by atoms with E-state index in [2.05, 4.69) is 15.4 Å². The standard InChI is InChI=1S/C17H16N4O3/c22-16(14-10-15-21(20-14)8-9-23-15)18-7-6-13-11-24-17(19-13)12-4-2-1-3-5-12/h1-5,10-11H,6-9H2,(H,18,22). The van der Waals surface area contributed by atoms with Crippen LogP contribution in [-0.2, 0) is 13.0 Å². The summed E-state index contributed by atoms with van der Waals surface area (Å²) < 4.78 is 12.5. The number of carbonyl (C=O) groups excluding carboxylic acids is 1. The zero-order chi connectivity index (χ0) is 16.4. The van der Waals surface area contributed by atoms with Crippen LogP contribution in [0.1, 0.15) is 16.2 Å². The molecule has 1 N–H and O–H groups in total. The van der Waals surface area contributed by atoms with Crippen LogP contribution in [0.3, 0.4) is 0 Å². The van der Waals surface area contributed by atoms with E-state index in [4.69, 9.17) is 9.15 Å². The SMILES string of the molecule is O=C(NCCc1coc(-c2ccccc2)n1)c1cc2n(n1)CCO2. The molecule has 7 nitrogen and oxygen atoms in total. The van der Waals surface area contributed by atoms with E-state index in [1.54, 1.807) is 17.0 Å². The van der Waals surface area contributed by atoms with Crippen LogP contribution in [0.25, 0.3) is 11.5 Å². The van der Waals surface area contributed by atoms with Gasteiger partial charge in [0.15, 0.2) is 5.69 Å². The van der Waals surface area contributed by atoms with Crippen molar-refractivity contribution in [1.29, 1.82) is 0 Å². The minimum Gasteiger partial charge on any atom is -0.476 e. The Labute approximate surface area is 138 Å². The van der Waals surface area contributed by atoms with Gasteiger partial charge in [-0.25, -0.2) is 9.67 Å². The molecule has 1 amide bonds. The van der Waals surface area contributed by atoms with E-state index in [0.29, 0.717) is 43.6 Å². The molecule has 3 aromatic rings. The Bertz CT molecular complexity index is 832. The van der Waals surface area contributed by atoms with E-state index in [1.807, 2.05) is 30.3 Å². The van der Waals surface area contributed by atoms with E-state index in [9.17, 15) is 4.79 Å². The average molecular weight is 324 g/mol. The molecular weight excluding hydrogens is 308 g/mol. The number of hydrogen-bond donors (Lipinski definition) is 1. The van der Waals surface area contributed by atoms with Gasteiger partial charge in [0.05, 0.1) is 12.2 Å².